The van der Waals surface area contributed by atoms with Gasteiger partial charge in [-0.15, -0.1) is 0 Å². The Kier molecular flexibility index (Phi) is 13.0. The number of ether oxygens (including phenoxy) is 1. The summed E-state index contributed by atoms with van der Waals surface area (Å²) in [6.07, 6.45) is 0.609. The summed E-state index contributed by atoms with van der Waals surface area (Å²) in [5, 5.41) is 17.6. The first-order chi connectivity index (χ1) is 15.6. The Labute approximate surface area is 197 Å². The van der Waals surface area contributed by atoms with Crippen molar-refractivity contribution in [1.29, 1.82) is 0 Å². The standard InChI is InChI=1S/C23H39N3O6S/c1-5-8-20(9-6-2)33(30,31)16-21(26-23(29)32-4)22(28)25-15-19(27)14-24-13-18-11-7-10-17(3)12-18/h7,10-12,19-21,24,27H,5-6,8-9,13-16H2,1-4H3,(H,25,28)(H,26,29). The Balaban J connectivity index is 2.67. The molecular weight excluding hydrogens is 446 g/mol. The lowest BCUT2D eigenvalue weighted by Gasteiger charge is -2.22. The van der Waals surface area contributed by atoms with Crippen molar-refractivity contribution in [2.75, 3.05) is 26.0 Å². The predicted octanol–water partition coefficient (Wildman–Crippen LogP) is 1.67. The number of alkyl carbamates (subject to hydrolysis) is 1. The van der Waals surface area contributed by atoms with Gasteiger partial charge in [0.25, 0.3) is 0 Å². The van der Waals surface area contributed by atoms with Crippen LogP contribution in [0.2, 0.25) is 0 Å². The molecule has 2 atom stereocenters. The highest BCUT2D eigenvalue weighted by atomic mass is 32.2. The van der Waals surface area contributed by atoms with Crippen LogP contribution in [-0.4, -0.2) is 68.9 Å². The summed E-state index contributed by atoms with van der Waals surface area (Å²) in [7, 11) is -2.50. The second-order valence-electron chi connectivity index (χ2n) is 8.24. The lowest BCUT2D eigenvalue weighted by atomic mass is 10.1. The van der Waals surface area contributed by atoms with Crippen LogP contribution in [0.1, 0.15) is 50.7 Å². The molecule has 0 radical (unpaired) electrons. The van der Waals surface area contributed by atoms with Gasteiger partial charge in [0.15, 0.2) is 9.84 Å². The van der Waals surface area contributed by atoms with Gasteiger partial charge >= 0.3 is 6.09 Å². The lowest BCUT2D eigenvalue weighted by Crippen LogP contribution is -2.53. The molecule has 0 aliphatic heterocycles. The maximum atomic E-state index is 12.9. The minimum atomic E-state index is -3.64. The monoisotopic (exact) mass is 485 g/mol. The quantitative estimate of drug-likeness (QED) is 0.297. The highest BCUT2D eigenvalue weighted by Gasteiger charge is 2.32. The van der Waals surface area contributed by atoms with Crippen LogP contribution in [0.3, 0.4) is 0 Å². The Morgan fingerprint density at radius 3 is 2.36 bits per heavy atom. The molecular formula is C23H39N3O6S. The molecule has 0 aromatic heterocycles. The third kappa shape index (κ3) is 11.0. The fourth-order valence-electron chi connectivity index (χ4n) is 3.52. The van der Waals surface area contributed by atoms with Gasteiger partial charge < -0.3 is 25.8 Å². The van der Waals surface area contributed by atoms with E-state index in [1.54, 1.807) is 0 Å². The van der Waals surface area contributed by atoms with Crippen LogP contribution in [0.15, 0.2) is 24.3 Å². The normalized spacial score (nSPS) is 13.4. The molecule has 0 spiro atoms. The van der Waals surface area contributed by atoms with Crippen molar-refractivity contribution in [2.45, 2.75) is 70.4 Å². The number of rotatable bonds is 15. The van der Waals surface area contributed by atoms with Gasteiger partial charge in [-0.05, 0) is 25.3 Å². The van der Waals surface area contributed by atoms with Gasteiger partial charge in [0.05, 0.1) is 24.2 Å². The molecule has 4 N–H and O–H groups in total. The summed E-state index contributed by atoms with van der Waals surface area (Å²) < 4.78 is 30.3. The molecule has 0 bridgehead atoms. The summed E-state index contributed by atoms with van der Waals surface area (Å²) in [6, 6.07) is 6.65. The smallest absolute Gasteiger partial charge is 0.407 e. The van der Waals surface area contributed by atoms with Crippen molar-refractivity contribution in [2.24, 2.45) is 0 Å². The van der Waals surface area contributed by atoms with E-state index in [0.29, 0.717) is 32.2 Å². The number of hydrogen-bond donors (Lipinski definition) is 4. The second kappa shape index (κ2) is 14.9. The van der Waals surface area contributed by atoms with Crippen molar-refractivity contribution >= 4 is 21.8 Å². The van der Waals surface area contributed by atoms with Crippen molar-refractivity contribution < 1.29 is 27.9 Å². The zero-order valence-corrected chi connectivity index (χ0v) is 20.9. The van der Waals surface area contributed by atoms with Crippen molar-refractivity contribution in [3.05, 3.63) is 35.4 Å². The highest BCUT2D eigenvalue weighted by Crippen LogP contribution is 2.17. The summed E-state index contributed by atoms with van der Waals surface area (Å²) in [4.78, 5) is 24.4. The third-order valence-electron chi connectivity index (χ3n) is 5.23. The van der Waals surface area contributed by atoms with Crippen LogP contribution >= 0.6 is 0 Å². The van der Waals surface area contributed by atoms with Gasteiger partial charge in [-0.2, -0.15) is 0 Å². The number of amides is 2. The molecule has 0 fully saturated rings. The van der Waals surface area contributed by atoms with Crippen LogP contribution in [0.5, 0.6) is 0 Å². The number of aryl methyl sites for hydroxylation is 1. The molecule has 1 aromatic rings. The fraction of sp³-hybridized carbons (Fsp3) is 0.652. The number of benzene rings is 1. The van der Waals surface area contributed by atoms with Crippen LogP contribution < -0.4 is 16.0 Å². The molecule has 0 saturated heterocycles. The second-order valence-corrected chi connectivity index (χ2v) is 10.6. The molecule has 0 saturated carbocycles. The molecule has 10 heteroatoms. The van der Waals surface area contributed by atoms with Crippen LogP contribution in [-0.2, 0) is 25.9 Å². The lowest BCUT2D eigenvalue weighted by molar-refractivity contribution is -0.123. The van der Waals surface area contributed by atoms with E-state index in [1.807, 2.05) is 45.0 Å². The summed E-state index contributed by atoms with van der Waals surface area (Å²) >= 11 is 0. The van der Waals surface area contributed by atoms with E-state index < -0.39 is 45.0 Å². The van der Waals surface area contributed by atoms with Gasteiger partial charge in [0.2, 0.25) is 5.91 Å². The van der Waals surface area contributed by atoms with Gasteiger partial charge in [0.1, 0.15) is 6.04 Å². The van der Waals surface area contributed by atoms with Crippen LogP contribution in [0.25, 0.3) is 0 Å². The Hall–Kier alpha value is -2.17. The van der Waals surface area contributed by atoms with E-state index in [4.69, 9.17) is 0 Å². The third-order valence-corrected chi connectivity index (χ3v) is 7.51. The first-order valence-corrected chi connectivity index (χ1v) is 13.1. The molecule has 1 aromatic carbocycles. The SMILES string of the molecule is CCCC(CCC)S(=O)(=O)CC(NC(=O)OC)C(=O)NCC(O)CNCc1cccc(C)c1. The Bertz CT molecular complexity index is 840. The first kappa shape index (κ1) is 28.9. The summed E-state index contributed by atoms with van der Waals surface area (Å²) in [6.45, 7) is 6.52. The van der Waals surface area contributed by atoms with Gasteiger partial charge in [-0.1, -0.05) is 56.5 Å². The number of carbonyl (C=O) groups excluding carboxylic acids is 2. The minimum Gasteiger partial charge on any atom is -0.453 e. The fourth-order valence-corrected chi connectivity index (χ4v) is 5.68. The average molecular weight is 486 g/mol. The molecule has 1 rings (SSSR count). The number of carbonyl (C=O) groups is 2. The molecule has 9 nitrogen and oxygen atoms in total. The topological polar surface area (TPSA) is 134 Å². The number of methoxy groups -OCH3 is 1. The number of hydrogen-bond acceptors (Lipinski definition) is 7. The van der Waals surface area contributed by atoms with E-state index in [-0.39, 0.29) is 13.1 Å². The van der Waals surface area contributed by atoms with E-state index in [1.165, 1.54) is 0 Å². The molecule has 0 aliphatic carbocycles. The number of nitrogens with one attached hydrogen (secondary N) is 3. The molecule has 0 heterocycles. The average Bonchev–Trinajstić information content (AvgIpc) is 2.76. The zero-order chi connectivity index (χ0) is 24.9. The predicted molar refractivity (Wildman–Crippen MR) is 129 cm³/mol. The molecule has 2 amide bonds. The first-order valence-electron chi connectivity index (χ1n) is 11.4. The highest BCUT2D eigenvalue weighted by molar-refractivity contribution is 7.92. The molecule has 33 heavy (non-hydrogen) atoms. The molecule has 188 valence electrons. The van der Waals surface area contributed by atoms with Gasteiger partial charge in [-0.25, -0.2) is 13.2 Å². The Morgan fingerprint density at radius 1 is 1.12 bits per heavy atom. The van der Waals surface area contributed by atoms with Gasteiger partial charge in [-0.3, -0.25) is 4.79 Å². The van der Waals surface area contributed by atoms with Crippen molar-refractivity contribution in [3.63, 3.8) is 0 Å². The number of aliphatic hydroxyl groups is 1. The van der Waals surface area contributed by atoms with Crippen LogP contribution in [0, 0.1) is 6.92 Å². The minimum absolute atomic E-state index is 0.0909. The van der Waals surface area contributed by atoms with Gasteiger partial charge in [0, 0.05) is 19.6 Å². The summed E-state index contributed by atoms with van der Waals surface area (Å²) in [5.74, 6) is -1.21. The number of sulfone groups is 1. The van der Waals surface area contributed by atoms with Crippen molar-refractivity contribution in [1.82, 2.24) is 16.0 Å². The summed E-state index contributed by atoms with van der Waals surface area (Å²) in [5.41, 5.74) is 2.22. The zero-order valence-electron chi connectivity index (χ0n) is 20.1. The van der Waals surface area contributed by atoms with Crippen LogP contribution in [0.4, 0.5) is 4.79 Å². The van der Waals surface area contributed by atoms with E-state index in [2.05, 4.69) is 20.7 Å². The molecule has 2 unspecified atom stereocenters. The van der Waals surface area contributed by atoms with E-state index >= 15 is 0 Å². The maximum Gasteiger partial charge on any atom is 0.407 e. The van der Waals surface area contributed by atoms with E-state index in [0.717, 1.165) is 18.2 Å². The molecule has 0 aliphatic rings. The Morgan fingerprint density at radius 2 is 1.79 bits per heavy atom. The largest absolute Gasteiger partial charge is 0.453 e. The van der Waals surface area contributed by atoms with E-state index in [9.17, 15) is 23.1 Å². The van der Waals surface area contributed by atoms with Crippen molar-refractivity contribution in [3.8, 4) is 0 Å². The maximum absolute atomic E-state index is 12.9. The number of aliphatic hydroxyl groups excluding tert-OH is 1.